The number of imide groups is 1. The second-order valence-electron chi connectivity index (χ2n) is 22.4. The van der Waals surface area contributed by atoms with Gasteiger partial charge in [0.1, 0.15) is 12.6 Å². The summed E-state index contributed by atoms with van der Waals surface area (Å²) in [4.78, 5) is 56.7. The molecule has 1 atom stereocenters. The van der Waals surface area contributed by atoms with Gasteiger partial charge in [0.25, 0.3) is 11.8 Å². The summed E-state index contributed by atoms with van der Waals surface area (Å²) in [5.41, 5.74) is 2.35. The fourth-order valence-corrected chi connectivity index (χ4v) is 9.92. The lowest BCUT2D eigenvalue weighted by molar-refractivity contribution is -0.157. The van der Waals surface area contributed by atoms with Crippen LogP contribution in [0, 0.1) is 5.92 Å². The maximum absolute atomic E-state index is 13.5. The number of nitrogens with zero attached hydrogens (tertiary/aromatic N) is 3. The minimum Gasteiger partial charge on any atom is -0.432 e. The van der Waals surface area contributed by atoms with Gasteiger partial charge >= 0.3 is 6.16 Å². The first-order chi connectivity index (χ1) is 49.9. The lowest BCUT2D eigenvalue weighted by Crippen LogP contribution is -2.55. The van der Waals surface area contributed by atoms with Crippen molar-refractivity contribution in [3.8, 4) is 0 Å². The van der Waals surface area contributed by atoms with E-state index in [1.54, 1.807) is 27.4 Å². The van der Waals surface area contributed by atoms with Crippen LogP contribution in [0.4, 0.5) is 10.5 Å². The van der Waals surface area contributed by atoms with Crippen LogP contribution in [-0.4, -0.2) is 378 Å². The number of benzene rings is 1. The van der Waals surface area contributed by atoms with Crippen LogP contribution in [0.3, 0.4) is 0 Å². The first-order valence-electron chi connectivity index (χ1n) is 35.4. The highest BCUT2D eigenvalue weighted by atomic mass is 16.7. The quantitative estimate of drug-likeness (QED) is 0.0390. The maximum Gasteiger partial charge on any atom is 0.510 e. The van der Waals surface area contributed by atoms with Crippen molar-refractivity contribution in [2.24, 2.45) is 5.92 Å². The van der Waals surface area contributed by atoms with Crippen LogP contribution in [0.15, 0.2) is 18.2 Å². The Balaban J connectivity index is 0.753. The Hall–Kier alpha value is -4.06. The lowest BCUT2D eigenvalue weighted by Gasteiger charge is -2.36. The van der Waals surface area contributed by atoms with E-state index in [2.05, 4.69) is 4.90 Å². The Morgan fingerprint density at radius 1 is 0.386 bits per heavy atom. The average molecular weight is 1460 g/mol. The number of fused-ring (bicyclic) bond motifs is 1. The van der Waals surface area contributed by atoms with Crippen molar-refractivity contribution in [1.82, 2.24) is 9.80 Å². The van der Waals surface area contributed by atoms with Crippen molar-refractivity contribution < 1.29 is 142 Å². The molecule has 3 aliphatic heterocycles. The van der Waals surface area contributed by atoms with E-state index in [9.17, 15) is 19.2 Å². The average Bonchev–Trinajstić information content (AvgIpc) is 1.65. The summed E-state index contributed by atoms with van der Waals surface area (Å²) in [6.07, 6.45) is 0.689. The van der Waals surface area contributed by atoms with Crippen LogP contribution in [-0.2, 0) is 139 Å². The number of rotatable bonds is 73. The van der Waals surface area contributed by atoms with E-state index < -0.39 is 30.7 Å². The summed E-state index contributed by atoms with van der Waals surface area (Å²) in [6.45, 7) is 20.7. The number of hydrogen-bond acceptors (Lipinski definition) is 31. The van der Waals surface area contributed by atoms with Gasteiger partial charge in [-0.1, -0.05) is 0 Å². The summed E-state index contributed by atoms with van der Waals surface area (Å²) in [7, 11) is 4.94. The number of carbonyl (C=O) groups excluding carboxylic acids is 4. The molecular weight excluding hydrogens is 1340 g/mol. The Morgan fingerprint density at radius 2 is 0.683 bits per heavy atom. The molecule has 3 amide bonds. The van der Waals surface area contributed by atoms with Crippen LogP contribution in [0.2, 0.25) is 0 Å². The molecule has 2 saturated heterocycles. The number of methoxy groups -OCH3 is 3. The molecule has 33 nitrogen and oxygen atoms in total. The van der Waals surface area contributed by atoms with Crippen LogP contribution in [0.5, 0.6) is 0 Å². The molecule has 1 unspecified atom stereocenters. The molecular formula is C68H119N3O30. The predicted octanol–water partition coefficient (Wildman–Crippen LogP) is 2.10. The summed E-state index contributed by atoms with van der Waals surface area (Å²) >= 11 is 0. The number of likely N-dealkylation sites (tertiary alicyclic amines) is 1. The number of piperidine rings is 2. The fraction of sp³-hybridized carbons (Fsp3) is 0.853. The number of ether oxygens (including phenoxy) is 26. The predicted molar refractivity (Wildman–Crippen MR) is 360 cm³/mol. The van der Waals surface area contributed by atoms with E-state index in [0.29, 0.717) is 282 Å². The maximum atomic E-state index is 13.5. The van der Waals surface area contributed by atoms with Crippen molar-refractivity contribution in [2.45, 2.75) is 44.6 Å². The van der Waals surface area contributed by atoms with E-state index in [1.807, 2.05) is 12.1 Å². The van der Waals surface area contributed by atoms with Crippen molar-refractivity contribution in [1.29, 1.82) is 0 Å². The molecule has 0 spiro atoms. The highest BCUT2D eigenvalue weighted by molar-refractivity contribution is 6.05. The summed E-state index contributed by atoms with van der Waals surface area (Å²) in [5.74, 6) is -1.08. The third kappa shape index (κ3) is 45.1. The third-order valence-electron chi connectivity index (χ3n) is 15.2. The Bertz CT molecular complexity index is 2140. The lowest BCUT2D eigenvalue weighted by atomic mass is 9.95. The van der Waals surface area contributed by atoms with E-state index in [4.69, 9.17) is 123 Å². The van der Waals surface area contributed by atoms with Crippen LogP contribution in [0.1, 0.15) is 41.6 Å². The molecule has 1 aromatic rings. The zero-order chi connectivity index (χ0) is 71.8. The van der Waals surface area contributed by atoms with Crippen LogP contribution >= 0.6 is 0 Å². The van der Waals surface area contributed by atoms with Gasteiger partial charge in [-0.2, -0.15) is 0 Å². The smallest absolute Gasteiger partial charge is 0.432 e. The van der Waals surface area contributed by atoms with Gasteiger partial charge in [-0.25, -0.2) is 9.69 Å². The molecule has 0 N–H and O–H groups in total. The SMILES string of the molecule is COCCOCCOCCOCCOCCOCCOCCOCCOCCOCCOCCOCCOCCOCCOCCOCCOCCOCCOCCOCCOCCOCCOC(=O)OCN1C(=O)CCC(N2Cc3cc(N4CCC(C(OC)OC)CC4)ccc3C2=O)C1=O. The molecule has 586 valence electrons. The first-order valence-corrected chi connectivity index (χ1v) is 35.4. The standard InChI is InChI=1S/C68H119N3O30/c1-76-12-13-79-14-15-80-16-17-81-18-19-82-20-21-83-22-23-84-24-25-85-26-27-86-28-29-87-30-31-88-32-33-89-34-35-90-36-37-91-38-39-92-40-41-93-42-43-94-44-45-95-46-47-96-48-49-97-50-51-98-52-53-99-54-55-100-68(75)101-58-71-64(72)7-6-63(66(71)74)70-57-60-56-61(4-5-62(60)65(70)73)69-10-8-59(9-11-69)67(77-2)78-3/h4-5,56,59,63,67H,6-55,57-58H2,1-3H3. The van der Waals surface area contributed by atoms with Gasteiger partial charge < -0.3 is 133 Å². The molecule has 33 heteroatoms. The summed E-state index contributed by atoms with van der Waals surface area (Å²) in [6, 6.07) is 4.86. The highest BCUT2D eigenvalue weighted by Crippen LogP contribution is 2.34. The second kappa shape index (κ2) is 64.3. The minimum atomic E-state index is -1.06. The molecule has 2 fully saturated rings. The third-order valence-corrected chi connectivity index (χ3v) is 15.2. The molecule has 0 radical (unpaired) electrons. The zero-order valence-electron chi connectivity index (χ0n) is 60.3. The Morgan fingerprint density at radius 3 is 0.980 bits per heavy atom. The Kier molecular flexibility index (Phi) is 56.9. The molecule has 3 heterocycles. The van der Waals surface area contributed by atoms with E-state index in [0.717, 1.165) is 42.1 Å². The first kappa shape index (κ1) is 89.3. The van der Waals surface area contributed by atoms with Crippen LogP contribution in [0.25, 0.3) is 0 Å². The Labute approximate surface area is 596 Å². The van der Waals surface area contributed by atoms with Crippen LogP contribution < -0.4 is 4.90 Å². The number of amides is 3. The van der Waals surface area contributed by atoms with Crippen molar-refractivity contribution >= 4 is 29.6 Å². The molecule has 0 aromatic heterocycles. The molecule has 0 aliphatic carbocycles. The van der Waals surface area contributed by atoms with E-state index in [-0.39, 0.29) is 51.4 Å². The van der Waals surface area contributed by atoms with Gasteiger partial charge in [0.15, 0.2) is 13.0 Å². The van der Waals surface area contributed by atoms with Crippen molar-refractivity contribution in [2.75, 3.05) is 337 Å². The zero-order valence-corrected chi connectivity index (χ0v) is 60.3. The summed E-state index contributed by atoms with van der Waals surface area (Å²) in [5, 5.41) is 0. The molecule has 0 bridgehead atoms. The normalized spacial score (nSPS) is 15.1. The van der Waals surface area contributed by atoms with E-state index >= 15 is 0 Å². The summed E-state index contributed by atoms with van der Waals surface area (Å²) < 4.78 is 141. The molecule has 101 heavy (non-hydrogen) atoms. The van der Waals surface area contributed by atoms with Gasteiger partial charge in [0.2, 0.25) is 5.91 Å². The van der Waals surface area contributed by atoms with Gasteiger partial charge in [-0.15, -0.1) is 0 Å². The topological polar surface area (TPSA) is 318 Å². The van der Waals surface area contributed by atoms with Gasteiger partial charge in [0.05, 0.1) is 284 Å². The van der Waals surface area contributed by atoms with E-state index in [1.165, 1.54) is 4.90 Å². The highest BCUT2D eigenvalue weighted by Gasteiger charge is 2.43. The molecule has 1 aromatic carbocycles. The second-order valence-corrected chi connectivity index (χ2v) is 22.4. The minimum absolute atomic E-state index is 0.0136. The monoisotopic (exact) mass is 1460 g/mol. The number of hydrogen-bond donors (Lipinski definition) is 0. The van der Waals surface area contributed by atoms with Gasteiger partial charge in [0, 0.05) is 64.6 Å². The molecule has 4 rings (SSSR count). The largest absolute Gasteiger partial charge is 0.510 e. The molecule has 0 saturated carbocycles. The van der Waals surface area contributed by atoms with Crippen molar-refractivity contribution in [3.63, 3.8) is 0 Å². The van der Waals surface area contributed by atoms with Gasteiger partial charge in [-0.05, 0) is 43.0 Å². The fourth-order valence-electron chi connectivity index (χ4n) is 9.92. The van der Waals surface area contributed by atoms with Gasteiger partial charge in [-0.3, -0.25) is 14.4 Å². The molecule has 3 aliphatic rings. The van der Waals surface area contributed by atoms with Crippen molar-refractivity contribution in [3.05, 3.63) is 29.3 Å². The number of carbonyl (C=O) groups is 4. The number of anilines is 1.